The van der Waals surface area contributed by atoms with Gasteiger partial charge in [0.25, 0.3) is 5.91 Å². The SMILES string of the molecule is CNc1cc(N2CCc3c(C4CCNCC4)cccc32)nn2c(C(=O)NC3C[C@@H]3F)cnc12. The van der Waals surface area contributed by atoms with Crippen LogP contribution < -0.4 is 20.9 Å². The van der Waals surface area contributed by atoms with E-state index in [1.54, 1.807) is 4.52 Å². The molecule has 1 saturated carbocycles. The zero-order valence-corrected chi connectivity index (χ0v) is 18.6. The van der Waals surface area contributed by atoms with Gasteiger partial charge in [0, 0.05) is 31.8 Å². The number of nitrogens with zero attached hydrogens (tertiary/aromatic N) is 4. The number of imidazole rings is 1. The second-order valence-corrected chi connectivity index (χ2v) is 9.15. The second kappa shape index (κ2) is 7.98. The van der Waals surface area contributed by atoms with Crippen molar-refractivity contribution in [2.24, 2.45) is 0 Å². The second-order valence-electron chi connectivity index (χ2n) is 9.15. The number of rotatable bonds is 5. The van der Waals surface area contributed by atoms with Gasteiger partial charge in [0.15, 0.2) is 17.2 Å². The fourth-order valence-electron chi connectivity index (χ4n) is 5.20. The molecule has 3 aliphatic rings. The van der Waals surface area contributed by atoms with E-state index in [1.807, 2.05) is 13.1 Å². The number of aromatic nitrogens is 3. The van der Waals surface area contributed by atoms with Gasteiger partial charge in [-0.15, -0.1) is 5.10 Å². The third kappa shape index (κ3) is 3.51. The zero-order chi connectivity index (χ0) is 22.5. The Morgan fingerprint density at radius 3 is 2.85 bits per heavy atom. The lowest BCUT2D eigenvalue weighted by atomic mass is 9.86. The van der Waals surface area contributed by atoms with Gasteiger partial charge in [-0.1, -0.05) is 12.1 Å². The Bertz CT molecular complexity index is 1220. The summed E-state index contributed by atoms with van der Waals surface area (Å²) in [5.41, 5.74) is 5.72. The number of benzene rings is 1. The molecule has 3 aromatic rings. The lowest BCUT2D eigenvalue weighted by molar-refractivity contribution is 0.0940. The lowest BCUT2D eigenvalue weighted by Gasteiger charge is -2.25. The summed E-state index contributed by atoms with van der Waals surface area (Å²) in [6, 6.07) is 8.16. The summed E-state index contributed by atoms with van der Waals surface area (Å²) in [7, 11) is 1.83. The normalized spacial score (nSPS) is 22.4. The maximum atomic E-state index is 13.3. The smallest absolute Gasteiger partial charge is 0.271 e. The molecule has 3 N–H and O–H groups in total. The van der Waals surface area contributed by atoms with Crippen molar-refractivity contribution in [1.82, 2.24) is 25.2 Å². The van der Waals surface area contributed by atoms with Crippen molar-refractivity contribution in [3.63, 3.8) is 0 Å². The van der Waals surface area contributed by atoms with Crippen molar-refractivity contribution < 1.29 is 9.18 Å². The van der Waals surface area contributed by atoms with Crippen molar-refractivity contribution in [2.45, 2.75) is 43.8 Å². The molecule has 9 heteroatoms. The molecule has 0 bridgehead atoms. The summed E-state index contributed by atoms with van der Waals surface area (Å²) in [6.07, 6.45) is 4.22. The van der Waals surface area contributed by atoms with Gasteiger partial charge in [-0.25, -0.2) is 13.9 Å². The largest absolute Gasteiger partial charge is 0.385 e. The van der Waals surface area contributed by atoms with Crippen LogP contribution in [0, 0.1) is 0 Å². The number of hydrogen-bond donors (Lipinski definition) is 3. The first-order valence-electron chi connectivity index (χ1n) is 11.8. The number of piperidine rings is 1. The van der Waals surface area contributed by atoms with Gasteiger partial charge in [0.2, 0.25) is 0 Å². The average molecular weight is 450 g/mol. The van der Waals surface area contributed by atoms with Crippen LogP contribution in [0.5, 0.6) is 0 Å². The first-order valence-corrected chi connectivity index (χ1v) is 11.8. The molecule has 0 spiro atoms. The predicted molar refractivity (Wildman–Crippen MR) is 125 cm³/mol. The monoisotopic (exact) mass is 449 g/mol. The molecule has 4 heterocycles. The maximum absolute atomic E-state index is 13.3. The van der Waals surface area contributed by atoms with E-state index in [1.165, 1.54) is 35.9 Å². The highest BCUT2D eigenvalue weighted by atomic mass is 19.1. The molecule has 2 fully saturated rings. The number of nitrogens with one attached hydrogen (secondary N) is 3. The molecule has 33 heavy (non-hydrogen) atoms. The fourth-order valence-corrected chi connectivity index (χ4v) is 5.20. The number of carbonyl (C=O) groups excluding carboxylic acids is 1. The Labute approximate surface area is 191 Å². The van der Waals surface area contributed by atoms with E-state index in [0.29, 0.717) is 23.7 Å². The average Bonchev–Trinajstić information content (AvgIpc) is 3.22. The minimum atomic E-state index is -0.959. The molecule has 8 nitrogen and oxygen atoms in total. The van der Waals surface area contributed by atoms with Crippen molar-refractivity contribution in [2.75, 3.05) is 36.9 Å². The Balaban J connectivity index is 1.38. The van der Waals surface area contributed by atoms with Gasteiger partial charge >= 0.3 is 0 Å². The lowest BCUT2D eigenvalue weighted by Crippen LogP contribution is -2.28. The molecule has 2 aromatic heterocycles. The first-order chi connectivity index (χ1) is 16.1. The van der Waals surface area contributed by atoms with Gasteiger partial charge < -0.3 is 20.9 Å². The molecule has 1 saturated heterocycles. The molecule has 172 valence electrons. The number of alkyl halides is 1. The van der Waals surface area contributed by atoms with E-state index in [9.17, 15) is 9.18 Å². The van der Waals surface area contributed by atoms with E-state index in [4.69, 9.17) is 5.10 Å². The molecule has 0 radical (unpaired) electrons. The summed E-state index contributed by atoms with van der Waals surface area (Å²) in [6.45, 7) is 2.97. The minimum absolute atomic E-state index is 0.310. The van der Waals surface area contributed by atoms with E-state index >= 15 is 0 Å². The van der Waals surface area contributed by atoms with Crippen LogP contribution in [0.2, 0.25) is 0 Å². The van der Waals surface area contributed by atoms with E-state index in [0.717, 1.165) is 37.6 Å². The molecule has 1 amide bonds. The van der Waals surface area contributed by atoms with Crippen molar-refractivity contribution in [1.29, 1.82) is 0 Å². The third-order valence-corrected chi connectivity index (χ3v) is 7.11. The highest BCUT2D eigenvalue weighted by Gasteiger charge is 2.39. The highest BCUT2D eigenvalue weighted by Crippen LogP contribution is 2.40. The fraction of sp³-hybridized carbons (Fsp3) is 0.458. The minimum Gasteiger partial charge on any atom is -0.385 e. The molecule has 1 aliphatic carbocycles. The van der Waals surface area contributed by atoms with Gasteiger partial charge in [-0.05, 0) is 55.5 Å². The zero-order valence-electron chi connectivity index (χ0n) is 18.6. The van der Waals surface area contributed by atoms with Gasteiger partial charge in [0.1, 0.15) is 6.17 Å². The number of hydrogen-bond acceptors (Lipinski definition) is 6. The molecule has 2 aliphatic heterocycles. The topological polar surface area (TPSA) is 86.6 Å². The number of halogens is 1. The van der Waals surface area contributed by atoms with Crippen LogP contribution in [0.25, 0.3) is 5.65 Å². The van der Waals surface area contributed by atoms with Crippen LogP contribution in [0.15, 0.2) is 30.5 Å². The standard InChI is InChI=1S/C24H28FN7O/c1-26-19-12-22(30-32-21(13-28-23(19)32)24(33)29-18-11-17(18)25)31-10-7-16-15(3-2-4-20(16)31)14-5-8-27-9-6-14/h2-4,12-14,17-18,26-27H,5-11H2,1H3,(H,29,33)/t17-,18?/m0/s1. The number of carbonyl (C=O) groups is 1. The number of fused-ring (bicyclic) bond motifs is 2. The van der Waals surface area contributed by atoms with Crippen LogP contribution in [-0.4, -0.2) is 59.4 Å². The summed E-state index contributed by atoms with van der Waals surface area (Å²) in [5.74, 6) is 0.999. The van der Waals surface area contributed by atoms with E-state index in [2.05, 4.69) is 44.0 Å². The van der Waals surface area contributed by atoms with Gasteiger partial charge in [-0.3, -0.25) is 4.79 Å². The number of amides is 1. The molecule has 2 atom stereocenters. The summed E-state index contributed by atoms with van der Waals surface area (Å²) >= 11 is 0. The quantitative estimate of drug-likeness (QED) is 0.555. The summed E-state index contributed by atoms with van der Waals surface area (Å²) in [5, 5.41) is 14.2. The molecular weight excluding hydrogens is 421 g/mol. The molecule has 1 unspecified atom stereocenters. The van der Waals surface area contributed by atoms with E-state index < -0.39 is 12.2 Å². The Kier molecular flexibility index (Phi) is 4.94. The van der Waals surface area contributed by atoms with Crippen molar-refractivity contribution >= 4 is 28.7 Å². The van der Waals surface area contributed by atoms with Crippen LogP contribution >= 0.6 is 0 Å². The number of anilines is 3. The van der Waals surface area contributed by atoms with Crippen molar-refractivity contribution in [3.8, 4) is 0 Å². The highest BCUT2D eigenvalue weighted by molar-refractivity contribution is 5.94. The summed E-state index contributed by atoms with van der Waals surface area (Å²) < 4.78 is 14.9. The predicted octanol–water partition coefficient (Wildman–Crippen LogP) is 2.77. The van der Waals surface area contributed by atoms with E-state index in [-0.39, 0.29) is 5.91 Å². The van der Waals surface area contributed by atoms with Crippen molar-refractivity contribution in [3.05, 3.63) is 47.3 Å². The third-order valence-electron chi connectivity index (χ3n) is 7.11. The Hall–Kier alpha value is -3.20. The van der Waals surface area contributed by atoms with Crippen LogP contribution in [0.1, 0.15) is 46.8 Å². The van der Waals surface area contributed by atoms with Crippen LogP contribution in [0.4, 0.5) is 21.6 Å². The van der Waals surface area contributed by atoms with Crippen LogP contribution in [0.3, 0.4) is 0 Å². The Morgan fingerprint density at radius 1 is 1.27 bits per heavy atom. The first kappa shape index (κ1) is 20.4. The maximum Gasteiger partial charge on any atom is 0.271 e. The summed E-state index contributed by atoms with van der Waals surface area (Å²) in [4.78, 5) is 19.4. The van der Waals surface area contributed by atoms with Gasteiger partial charge in [-0.2, -0.15) is 0 Å². The van der Waals surface area contributed by atoms with Gasteiger partial charge in [0.05, 0.1) is 17.9 Å². The van der Waals surface area contributed by atoms with Crippen LogP contribution in [-0.2, 0) is 6.42 Å². The Morgan fingerprint density at radius 2 is 2.09 bits per heavy atom. The molecule has 6 rings (SSSR count). The molecule has 1 aromatic carbocycles. The molecular formula is C24H28FN7O.